The molecule has 5 heteroatoms. The highest BCUT2D eigenvalue weighted by Gasteiger charge is 2.67. The van der Waals surface area contributed by atoms with Crippen LogP contribution in [-0.2, 0) is 4.74 Å². The summed E-state index contributed by atoms with van der Waals surface area (Å²) in [6, 6.07) is 0. The fourth-order valence-corrected chi connectivity index (χ4v) is 5.60. The molecule has 1 saturated carbocycles. The number of hydrogen-bond acceptors (Lipinski definition) is 5. The summed E-state index contributed by atoms with van der Waals surface area (Å²) < 4.78 is 6.31. The maximum Gasteiger partial charge on any atom is 0.101 e. The third-order valence-electron chi connectivity index (χ3n) is 6.99. The first kappa shape index (κ1) is 19.1. The Morgan fingerprint density at radius 3 is 2.80 bits per heavy atom. The van der Waals surface area contributed by atoms with E-state index in [1.165, 1.54) is 0 Å². The van der Waals surface area contributed by atoms with Crippen molar-refractivity contribution in [2.75, 3.05) is 19.8 Å². The smallest absolute Gasteiger partial charge is 0.101 e. The van der Waals surface area contributed by atoms with Crippen LogP contribution in [0.15, 0.2) is 23.8 Å². The molecule has 2 aliphatic carbocycles. The number of aliphatic hydroxyl groups is 4. The van der Waals surface area contributed by atoms with Crippen molar-refractivity contribution >= 4 is 0 Å². The van der Waals surface area contributed by atoms with Crippen molar-refractivity contribution in [1.82, 2.24) is 0 Å². The van der Waals surface area contributed by atoms with E-state index >= 15 is 0 Å². The Balaban J connectivity index is 1.91. The fourth-order valence-electron chi connectivity index (χ4n) is 5.60. The molecule has 0 spiro atoms. The van der Waals surface area contributed by atoms with Gasteiger partial charge in [0.1, 0.15) is 5.60 Å². The third kappa shape index (κ3) is 3.10. The molecule has 142 valence electrons. The average molecular weight is 352 g/mol. The van der Waals surface area contributed by atoms with Crippen LogP contribution < -0.4 is 0 Å². The number of rotatable bonds is 5. The predicted molar refractivity (Wildman–Crippen MR) is 94.9 cm³/mol. The Morgan fingerprint density at radius 1 is 1.36 bits per heavy atom. The lowest BCUT2D eigenvalue weighted by Crippen LogP contribution is -2.58. The second kappa shape index (κ2) is 6.78. The van der Waals surface area contributed by atoms with Gasteiger partial charge in [-0.05, 0) is 44.1 Å². The van der Waals surface area contributed by atoms with Crippen molar-refractivity contribution in [2.24, 2.45) is 17.3 Å². The van der Waals surface area contributed by atoms with Crippen LogP contribution in [-0.4, -0.2) is 57.6 Å². The van der Waals surface area contributed by atoms with E-state index in [0.29, 0.717) is 31.8 Å². The summed E-state index contributed by atoms with van der Waals surface area (Å²) in [5.74, 6) is 0.451. The van der Waals surface area contributed by atoms with Crippen molar-refractivity contribution in [2.45, 2.75) is 63.3 Å². The number of ether oxygens (including phenoxy) is 1. The van der Waals surface area contributed by atoms with E-state index in [1.807, 2.05) is 12.2 Å². The van der Waals surface area contributed by atoms with Crippen molar-refractivity contribution in [1.29, 1.82) is 0 Å². The molecule has 0 aromatic rings. The molecule has 0 amide bonds. The molecule has 3 aliphatic rings. The zero-order valence-electron chi connectivity index (χ0n) is 15.3. The number of allylic oxidation sites excluding steroid dienone is 1. The maximum absolute atomic E-state index is 10.9. The van der Waals surface area contributed by atoms with Crippen LogP contribution in [0.2, 0.25) is 0 Å². The molecule has 4 N–H and O–H groups in total. The summed E-state index contributed by atoms with van der Waals surface area (Å²) in [6.45, 7) is 4.44. The van der Waals surface area contributed by atoms with Gasteiger partial charge in [-0.1, -0.05) is 25.2 Å². The van der Waals surface area contributed by atoms with E-state index in [2.05, 4.69) is 6.92 Å². The van der Waals surface area contributed by atoms with Crippen LogP contribution >= 0.6 is 0 Å². The summed E-state index contributed by atoms with van der Waals surface area (Å²) in [4.78, 5) is 0. The minimum Gasteiger partial charge on any atom is -0.392 e. The molecule has 2 fully saturated rings. The van der Waals surface area contributed by atoms with Crippen LogP contribution in [0.3, 0.4) is 0 Å². The number of aliphatic hydroxyl groups excluding tert-OH is 3. The molecule has 2 bridgehead atoms. The fraction of sp³-hybridized carbons (Fsp3) is 0.800. The van der Waals surface area contributed by atoms with Crippen LogP contribution in [0.25, 0.3) is 0 Å². The van der Waals surface area contributed by atoms with Crippen LogP contribution in [0.5, 0.6) is 0 Å². The van der Waals surface area contributed by atoms with Crippen molar-refractivity contribution in [3.8, 4) is 0 Å². The molecule has 0 aromatic heterocycles. The van der Waals surface area contributed by atoms with Gasteiger partial charge in [-0.15, -0.1) is 0 Å². The monoisotopic (exact) mass is 352 g/mol. The lowest BCUT2D eigenvalue weighted by molar-refractivity contribution is -0.157. The van der Waals surface area contributed by atoms with Gasteiger partial charge in [-0.3, -0.25) is 0 Å². The Morgan fingerprint density at radius 2 is 2.12 bits per heavy atom. The van der Waals surface area contributed by atoms with Gasteiger partial charge < -0.3 is 25.2 Å². The van der Waals surface area contributed by atoms with E-state index in [4.69, 9.17) is 9.84 Å². The second-order valence-corrected chi connectivity index (χ2v) is 8.56. The van der Waals surface area contributed by atoms with E-state index < -0.39 is 17.3 Å². The van der Waals surface area contributed by atoms with E-state index in [0.717, 1.165) is 18.4 Å². The van der Waals surface area contributed by atoms with Gasteiger partial charge in [0, 0.05) is 17.8 Å². The van der Waals surface area contributed by atoms with Gasteiger partial charge in [0.15, 0.2) is 0 Å². The summed E-state index contributed by atoms with van der Waals surface area (Å²) in [6.07, 6.45) is 8.44. The molecule has 25 heavy (non-hydrogen) atoms. The minimum absolute atomic E-state index is 0.0427. The maximum atomic E-state index is 10.9. The van der Waals surface area contributed by atoms with Crippen LogP contribution in [0.1, 0.15) is 46.0 Å². The first-order valence-electron chi connectivity index (χ1n) is 9.41. The molecular weight excluding hydrogens is 320 g/mol. The molecule has 1 saturated heterocycles. The van der Waals surface area contributed by atoms with E-state index in [9.17, 15) is 15.3 Å². The first-order valence-corrected chi connectivity index (χ1v) is 9.41. The zero-order chi connectivity index (χ0) is 18.3. The molecule has 6 atom stereocenters. The Labute approximate surface area is 150 Å². The average Bonchev–Trinajstić information content (AvgIpc) is 2.71. The third-order valence-corrected chi connectivity index (χ3v) is 6.99. The molecule has 3 rings (SSSR count). The van der Waals surface area contributed by atoms with Gasteiger partial charge in [-0.2, -0.15) is 0 Å². The largest absolute Gasteiger partial charge is 0.392 e. The number of hydrogen-bond donors (Lipinski definition) is 4. The highest BCUT2D eigenvalue weighted by Crippen LogP contribution is 2.63. The summed E-state index contributed by atoms with van der Waals surface area (Å²) in [7, 11) is 0. The quantitative estimate of drug-likeness (QED) is 0.564. The normalized spacial score (nSPS) is 46.8. The SMILES string of the molecule is C[C@@H]1C[C@H](O)[C@@]23C[C@](C)(O)C=CC[C@@H]2[C@@]1(CC/C(=C/CO)CO)CO3. The van der Waals surface area contributed by atoms with Crippen molar-refractivity contribution < 1.29 is 25.2 Å². The summed E-state index contributed by atoms with van der Waals surface area (Å²) >= 11 is 0. The highest BCUT2D eigenvalue weighted by atomic mass is 16.5. The molecule has 0 radical (unpaired) electrons. The molecule has 1 aliphatic heterocycles. The van der Waals surface area contributed by atoms with Gasteiger partial charge in [0.25, 0.3) is 0 Å². The highest BCUT2D eigenvalue weighted by molar-refractivity contribution is 5.21. The van der Waals surface area contributed by atoms with Gasteiger partial charge in [0.2, 0.25) is 0 Å². The topological polar surface area (TPSA) is 90.2 Å². The Bertz CT molecular complexity index is 554. The second-order valence-electron chi connectivity index (χ2n) is 8.56. The van der Waals surface area contributed by atoms with Gasteiger partial charge in [-0.25, -0.2) is 0 Å². The Kier molecular flexibility index (Phi) is 5.17. The van der Waals surface area contributed by atoms with Crippen LogP contribution in [0, 0.1) is 17.3 Å². The van der Waals surface area contributed by atoms with Crippen LogP contribution in [0.4, 0.5) is 0 Å². The lowest BCUT2D eigenvalue weighted by Gasteiger charge is -2.52. The molecule has 1 heterocycles. The molecule has 0 unspecified atom stereocenters. The van der Waals surface area contributed by atoms with E-state index in [-0.39, 0.29) is 24.5 Å². The van der Waals surface area contributed by atoms with Crippen molar-refractivity contribution in [3.63, 3.8) is 0 Å². The van der Waals surface area contributed by atoms with Gasteiger partial charge >= 0.3 is 0 Å². The summed E-state index contributed by atoms with van der Waals surface area (Å²) in [5.41, 5.74) is -0.893. The van der Waals surface area contributed by atoms with E-state index in [1.54, 1.807) is 13.0 Å². The van der Waals surface area contributed by atoms with Gasteiger partial charge in [0.05, 0.1) is 31.5 Å². The first-order chi connectivity index (χ1) is 11.8. The summed E-state index contributed by atoms with van der Waals surface area (Å²) in [5, 5.41) is 40.2. The molecular formula is C20H32O5. The lowest BCUT2D eigenvalue weighted by atomic mass is 9.53. The standard InChI is InChI=1S/C20H32O5/c1-14-10-17(23)20-12-18(2,24)7-3-4-16(20)19(14,13-25-20)8-5-15(11-22)6-9-21/h3,6-7,14,16-17,21-24H,4-5,8-13H2,1-2H3/b15-6-/t14-,16-,17+,18-,19+,20-/m1/s1. The predicted octanol–water partition coefficient (Wildman–Crippen LogP) is 1.55. The molecule has 0 aromatic carbocycles. The Hall–Kier alpha value is -0.720. The molecule has 5 nitrogen and oxygen atoms in total. The minimum atomic E-state index is -0.973. The zero-order valence-corrected chi connectivity index (χ0v) is 15.3. The van der Waals surface area contributed by atoms with Crippen molar-refractivity contribution in [3.05, 3.63) is 23.8 Å².